The lowest BCUT2D eigenvalue weighted by Gasteiger charge is -2.15. The molecule has 0 unspecified atom stereocenters. The minimum atomic E-state index is -0.524. The van der Waals surface area contributed by atoms with Crippen LogP contribution in [0, 0.1) is 0 Å². The second kappa shape index (κ2) is 4.38. The van der Waals surface area contributed by atoms with E-state index in [1.165, 1.54) is 0 Å². The van der Waals surface area contributed by atoms with E-state index in [-0.39, 0.29) is 24.1 Å². The van der Waals surface area contributed by atoms with Gasteiger partial charge in [-0.15, -0.1) is 0 Å². The Balaban J connectivity index is 1.33. The van der Waals surface area contributed by atoms with Gasteiger partial charge in [-0.2, -0.15) is 0 Å². The van der Waals surface area contributed by atoms with E-state index >= 15 is 0 Å². The molecular formula is C14H14O5. The fourth-order valence-corrected chi connectivity index (χ4v) is 2.63. The zero-order valence-electron chi connectivity index (χ0n) is 10.2. The van der Waals surface area contributed by atoms with Crippen molar-refractivity contribution in [2.24, 2.45) is 0 Å². The Kier molecular flexibility index (Phi) is 2.66. The molecule has 3 saturated heterocycles. The Morgan fingerprint density at radius 3 is 2.74 bits per heavy atom. The first-order valence-corrected chi connectivity index (χ1v) is 6.45. The lowest BCUT2D eigenvalue weighted by atomic mass is 10.0. The van der Waals surface area contributed by atoms with Gasteiger partial charge in [0.2, 0.25) is 0 Å². The molecule has 2 bridgehead atoms. The van der Waals surface area contributed by atoms with Gasteiger partial charge in [0.1, 0.15) is 12.2 Å². The zero-order chi connectivity index (χ0) is 12.8. The van der Waals surface area contributed by atoms with Gasteiger partial charge in [-0.3, -0.25) is 4.79 Å². The van der Waals surface area contributed by atoms with E-state index in [1.54, 1.807) is 0 Å². The highest BCUT2D eigenvalue weighted by molar-refractivity contribution is 5.91. The predicted octanol–water partition coefficient (Wildman–Crippen LogP) is 0.663. The van der Waals surface area contributed by atoms with Crippen LogP contribution in [0.4, 0.5) is 0 Å². The molecule has 0 aromatic heterocycles. The summed E-state index contributed by atoms with van der Waals surface area (Å²) in [6.07, 6.45) is -1.72. The van der Waals surface area contributed by atoms with Crippen LogP contribution in [-0.4, -0.2) is 43.1 Å². The molecule has 3 aliphatic heterocycles. The lowest BCUT2D eigenvalue weighted by molar-refractivity contribution is -0.136. The van der Waals surface area contributed by atoms with Gasteiger partial charge in [0.25, 0.3) is 0 Å². The first kappa shape index (κ1) is 11.5. The van der Waals surface area contributed by atoms with Gasteiger partial charge >= 0.3 is 0 Å². The monoisotopic (exact) mass is 262 g/mol. The number of fused-ring (bicyclic) bond motifs is 4. The van der Waals surface area contributed by atoms with Crippen LogP contribution in [0.5, 0.6) is 0 Å². The Bertz CT molecular complexity index is 488. The summed E-state index contributed by atoms with van der Waals surface area (Å²) in [6, 6.07) is 9.90. The molecular weight excluding hydrogens is 248 g/mol. The average Bonchev–Trinajstić information content (AvgIpc) is 3.16. The Labute approximate surface area is 110 Å². The van der Waals surface area contributed by atoms with Crippen molar-refractivity contribution in [3.8, 4) is 0 Å². The fourth-order valence-electron chi connectivity index (χ4n) is 2.63. The number of carbonyl (C=O) groups excluding carboxylic acids is 1. The van der Waals surface area contributed by atoms with Crippen LogP contribution in [-0.2, 0) is 30.3 Å². The molecule has 5 heteroatoms. The van der Waals surface area contributed by atoms with Gasteiger partial charge in [0.05, 0.1) is 13.2 Å². The number of ether oxygens (including phenoxy) is 4. The molecule has 4 rings (SSSR count). The highest BCUT2D eigenvalue weighted by atomic mass is 16.8. The maximum Gasteiger partial charge on any atom is 0.195 e. The van der Waals surface area contributed by atoms with E-state index in [0.717, 1.165) is 5.56 Å². The Morgan fingerprint density at radius 2 is 1.89 bits per heavy atom. The predicted molar refractivity (Wildman–Crippen MR) is 63.3 cm³/mol. The summed E-state index contributed by atoms with van der Waals surface area (Å²) in [6.45, 7) is 0.872. The van der Waals surface area contributed by atoms with Crippen molar-refractivity contribution in [2.45, 2.75) is 37.3 Å². The zero-order valence-corrected chi connectivity index (χ0v) is 10.2. The Morgan fingerprint density at radius 1 is 1.05 bits per heavy atom. The standard InChI is InChI=1S/C14H14O5/c15-10-11-9(17-14(19-11)13-12(10)18-13)7-16-6-8-4-2-1-3-5-8/h1-5,9,11-14H,6-7H2/t9-,11+,12+,13+,14+/m0/s1. The van der Waals surface area contributed by atoms with E-state index < -0.39 is 12.4 Å². The van der Waals surface area contributed by atoms with Gasteiger partial charge in [-0.05, 0) is 5.56 Å². The summed E-state index contributed by atoms with van der Waals surface area (Å²) in [4.78, 5) is 11.9. The van der Waals surface area contributed by atoms with Crippen LogP contribution in [0.15, 0.2) is 30.3 Å². The molecule has 0 aliphatic carbocycles. The molecule has 0 radical (unpaired) electrons. The van der Waals surface area contributed by atoms with Crippen LogP contribution in [0.2, 0.25) is 0 Å². The number of ketones is 1. The number of rotatable bonds is 4. The molecule has 0 spiro atoms. The molecule has 3 fully saturated rings. The van der Waals surface area contributed by atoms with E-state index in [4.69, 9.17) is 18.9 Å². The number of benzene rings is 1. The topological polar surface area (TPSA) is 57.3 Å². The van der Waals surface area contributed by atoms with Crippen molar-refractivity contribution < 1.29 is 23.7 Å². The van der Waals surface area contributed by atoms with Crippen LogP contribution in [0.1, 0.15) is 5.56 Å². The summed E-state index contributed by atoms with van der Waals surface area (Å²) >= 11 is 0. The lowest BCUT2D eigenvalue weighted by Crippen LogP contribution is -2.39. The summed E-state index contributed by atoms with van der Waals surface area (Å²) in [5, 5.41) is 0. The number of hydrogen-bond donors (Lipinski definition) is 0. The molecule has 0 amide bonds. The number of epoxide rings is 1. The number of carbonyl (C=O) groups is 1. The average molecular weight is 262 g/mol. The normalized spacial score (nSPS) is 39.2. The summed E-state index contributed by atoms with van der Waals surface area (Å²) in [5.41, 5.74) is 1.10. The first-order valence-electron chi connectivity index (χ1n) is 6.45. The van der Waals surface area contributed by atoms with E-state index in [0.29, 0.717) is 13.2 Å². The highest BCUT2D eigenvalue weighted by Gasteiger charge is 2.64. The molecule has 1 aromatic rings. The van der Waals surface area contributed by atoms with Crippen molar-refractivity contribution in [3.05, 3.63) is 35.9 Å². The summed E-state index contributed by atoms with van der Waals surface area (Å²) in [5.74, 6) is -0.00735. The molecule has 5 nitrogen and oxygen atoms in total. The quantitative estimate of drug-likeness (QED) is 0.746. The number of Topliss-reactive ketones (excluding diaryl/α,β-unsaturated/α-hetero) is 1. The summed E-state index contributed by atoms with van der Waals surface area (Å²) in [7, 11) is 0. The molecule has 19 heavy (non-hydrogen) atoms. The van der Waals surface area contributed by atoms with E-state index in [2.05, 4.69) is 0 Å². The van der Waals surface area contributed by atoms with Crippen LogP contribution < -0.4 is 0 Å². The van der Waals surface area contributed by atoms with Crippen molar-refractivity contribution in [1.29, 1.82) is 0 Å². The molecule has 100 valence electrons. The number of hydrogen-bond acceptors (Lipinski definition) is 5. The largest absolute Gasteiger partial charge is 0.374 e. The summed E-state index contributed by atoms with van der Waals surface area (Å²) < 4.78 is 22.0. The van der Waals surface area contributed by atoms with Gasteiger partial charge in [-0.1, -0.05) is 30.3 Å². The SMILES string of the molecule is O=C1[C@H]2O[C@H]2[C@@H]2O[C@@H](COCc3ccccc3)[C@H]1O2. The third-order valence-electron chi connectivity index (χ3n) is 3.68. The minimum Gasteiger partial charge on any atom is -0.374 e. The molecule has 1 aromatic carbocycles. The maximum absolute atomic E-state index is 11.9. The minimum absolute atomic E-state index is 0.00735. The van der Waals surface area contributed by atoms with Crippen LogP contribution in [0.3, 0.4) is 0 Å². The van der Waals surface area contributed by atoms with Crippen molar-refractivity contribution >= 4 is 5.78 Å². The van der Waals surface area contributed by atoms with Crippen LogP contribution >= 0.6 is 0 Å². The third-order valence-corrected chi connectivity index (χ3v) is 3.68. The van der Waals surface area contributed by atoms with Crippen molar-refractivity contribution in [3.63, 3.8) is 0 Å². The van der Waals surface area contributed by atoms with E-state index in [9.17, 15) is 4.79 Å². The van der Waals surface area contributed by atoms with E-state index in [1.807, 2.05) is 30.3 Å². The smallest absolute Gasteiger partial charge is 0.195 e. The highest BCUT2D eigenvalue weighted by Crippen LogP contribution is 2.41. The second-order valence-corrected chi connectivity index (χ2v) is 5.02. The van der Waals surface area contributed by atoms with Gasteiger partial charge in [0, 0.05) is 0 Å². The van der Waals surface area contributed by atoms with Crippen LogP contribution in [0.25, 0.3) is 0 Å². The van der Waals surface area contributed by atoms with Crippen molar-refractivity contribution in [2.75, 3.05) is 6.61 Å². The van der Waals surface area contributed by atoms with Crippen molar-refractivity contribution in [1.82, 2.24) is 0 Å². The third kappa shape index (κ3) is 1.99. The first-order chi connectivity index (χ1) is 9.33. The molecule has 0 saturated carbocycles. The van der Waals surface area contributed by atoms with Gasteiger partial charge in [-0.25, -0.2) is 0 Å². The molecule has 3 aliphatic rings. The second-order valence-electron chi connectivity index (χ2n) is 5.02. The maximum atomic E-state index is 11.9. The fraction of sp³-hybridized carbons (Fsp3) is 0.500. The molecule has 0 N–H and O–H groups in total. The van der Waals surface area contributed by atoms with Gasteiger partial charge in [0.15, 0.2) is 24.3 Å². The molecule has 5 atom stereocenters. The Hall–Kier alpha value is -1.27. The molecule has 3 heterocycles. The van der Waals surface area contributed by atoms with Gasteiger partial charge < -0.3 is 18.9 Å².